The fraction of sp³-hybridized carbons (Fsp3) is 0.235. The quantitative estimate of drug-likeness (QED) is 0.729. The summed E-state index contributed by atoms with van der Waals surface area (Å²) in [5.74, 6) is 0.887. The number of rotatable bonds is 4. The van der Waals surface area contributed by atoms with E-state index < -0.39 is 0 Å². The van der Waals surface area contributed by atoms with E-state index in [4.69, 9.17) is 17.0 Å². The molecule has 0 aliphatic rings. The summed E-state index contributed by atoms with van der Waals surface area (Å²) in [6, 6.07) is 14.5. The van der Waals surface area contributed by atoms with Crippen molar-refractivity contribution < 1.29 is 4.74 Å². The SMILES string of the molecule is COc1ccc(CCn2c(=S)[nH]c3c(C)cccc32)cc1. The maximum absolute atomic E-state index is 5.45. The van der Waals surface area contributed by atoms with Gasteiger partial charge in [-0.15, -0.1) is 0 Å². The Morgan fingerprint density at radius 2 is 1.90 bits per heavy atom. The lowest BCUT2D eigenvalue weighted by molar-refractivity contribution is 0.414. The molecule has 3 nitrogen and oxygen atoms in total. The number of fused-ring (bicyclic) bond motifs is 1. The largest absolute Gasteiger partial charge is 0.497 e. The predicted molar refractivity (Wildman–Crippen MR) is 88.6 cm³/mol. The molecular formula is C17H18N2OS. The lowest BCUT2D eigenvalue weighted by Crippen LogP contribution is -2.01. The van der Waals surface area contributed by atoms with Crippen LogP contribution in [0.15, 0.2) is 42.5 Å². The summed E-state index contributed by atoms with van der Waals surface area (Å²) in [6.45, 7) is 2.97. The van der Waals surface area contributed by atoms with E-state index in [1.807, 2.05) is 12.1 Å². The monoisotopic (exact) mass is 298 g/mol. The smallest absolute Gasteiger partial charge is 0.178 e. The molecule has 0 radical (unpaired) electrons. The number of ether oxygens (including phenoxy) is 1. The Morgan fingerprint density at radius 1 is 1.14 bits per heavy atom. The summed E-state index contributed by atoms with van der Waals surface area (Å²) in [5.41, 5.74) is 4.81. The number of hydrogen-bond acceptors (Lipinski definition) is 2. The number of aromatic amines is 1. The van der Waals surface area contributed by atoms with Crippen LogP contribution in [0.25, 0.3) is 11.0 Å². The average molecular weight is 298 g/mol. The van der Waals surface area contributed by atoms with Crippen molar-refractivity contribution in [2.24, 2.45) is 0 Å². The number of para-hydroxylation sites is 1. The van der Waals surface area contributed by atoms with Crippen LogP contribution in [0.4, 0.5) is 0 Å². The van der Waals surface area contributed by atoms with Gasteiger partial charge in [-0.25, -0.2) is 0 Å². The number of methoxy groups -OCH3 is 1. The van der Waals surface area contributed by atoms with Crippen molar-refractivity contribution in [2.45, 2.75) is 19.9 Å². The molecule has 1 heterocycles. The molecule has 0 fully saturated rings. The number of hydrogen-bond donors (Lipinski definition) is 1. The van der Waals surface area contributed by atoms with Gasteiger partial charge in [-0.2, -0.15) is 0 Å². The molecule has 0 amide bonds. The normalized spacial score (nSPS) is 11.0. The second-order valence-corrected chi connectivity index (χ2v) is 5.54. The van der Waals surface area contributed by atoms with Crippen LogP contribution in [0, 0.1) is 11.7 Å². The van der Waals surface area contributed by atoms with Crippen LogP contribution in [0.1, 0.15) is 11.1 Å². The Hall–Kier alpha value is -2.07. The zero-order valence-electron chi connectivity index (χ0n) is 12.2. The van der Waals surface area contributed by atoms with Crippen molar-refractivity contribution in [1.29, 1.82) is 0 Å². The van der Waals surface area contributed by atoms with Gasteiger partial charge in [-0.3, -0.25) is 0 Å². The molecule has 0 spiro atoms. The van der Waals surface area contributed by atoms with Crippen molar-refractivity contribution in [1.82, 2.24) is 9.55 Å². The van der Waals surface area contributed by atoms with Crippen LogP contribution in [-0.4, -0.2) is 16.7 Å². The second-order valence-electron chi connectivity index (χ2n) is 5.15. The van der Waals surface area contributed by atoms with Crippen LogP contribution >= 0.6 is 12.2 Å². The van der Waals surface area contributed by atoms with Gasteiger partial charge in [0.1, 0.15) is 5.75 Å². The van der Waals surface area contributed by atoms with Gasteiger partial charge in [0, 0.05) is 6.54 Å². The number of nitrogens with zero attached hydrogens (tertiary/aromatic N) is 1. The van der Waals surface area contributed by atoms with Crippen molar-refractivity contribution in [2.75, 3.05) is 7.11 Å². The first-order valence-electron chi connectivity index (χ1n) is 7.00. The zero-order chi connectivity index (χ0) is 14.8. The first-order valence-corrected chi connectivity index (χ1v) is 7.41. The molecule has 0 saturated carbocycles. The summed E-state index contributed by atoms with van der Waals surface area (Å²) in [6.07, 6.45) is 0.944. The molecule has 3 aromatic rings. The van der Waals surface area contributed by atoms with Gasteiger partial charge in [0.25, 0.3) is 0 Å². The number of aryl methyl sites for hydroxylation is 3. The van der Waals surface area contributed by atoms with E-state index in [1.165, 1.54) is 16.6 Å². The molecule has 2 aromatic carbocycles. The minimum Gasteiger partial charge on any atom is -0.497 e. The molecule has 4 heteroatoms. The number of H-pyrrole nitrogens is 1. The van der Waals surface area contributed by atoms with Gasteiger partial charge >= 0.3 is 0 Å². The maximum Gasteiger partial charge on any atom is 0.178 e. The van der Waals surface area contributed by atoms with E-state index in [-0.39, 0.29) is 0 Å². The van der Waals surface area contributed by atoms with Crippen molar-refractivity contribution >= 4 is 23.3 Å². The third-order valence-corrected chi connectivity index (χ3v) is 4.12. The molecule has 0 aliphatic carbocycles. The molecule has 0 unspecified atom stereocenters. The predicted octanol–water partition coefficient (Wildman–Crippen LogP) is 4.26. The molecular weight excluding hydrogens is 280 g/mol. The molecule has 0 atom stereocenters. The van der Waals surface area contributed by atoms with Gasteiger partial charge < -0.3 is 14.3 Å². The minimum absolute atomic E-state index is 0.785. The number of imidazole rings is 1. The number of benzene rings is 2. The van der Waals surface area contributed by atoms with Gasteiger partial charge in [0.2, 0.25) is 0 Å². The summed E-state index contributed by atoms with van der Waals surface area (Å²) < 4.78 is 8.14. The Bertz CT molecular complexity index is 815. The first kappa shape index (κ1) is 13.9. The first-order chi connectivity index (χ1) is 10.2. The summed E-state index contributed by atoms with van der Waals surface area (Å²) in [4.78, 5) is 3.31. The molecule has 1 aromatic heterocycles. The second kappa shape index (κ2) is 5.74. The standard InChI is InChI=1S/C17H18N2OS/c1-12-4-3-5-15-16(12)18-17(21)19(15)11-10-13-6-8-14(20-2)9-7-13/h3-9H,10-11H2,1-2H3,(H,18,21). The van der Waals surface area contributed by atoms with Gasteiger partial charge in [0.05, 0.1) is 18.1 Å². The highest BCUT2D eigenvalue weighted by molar-refractivity contribution is 7.71. The topological polar surface area (TPSA) is 29.9 Å². The Kier molecular flexibility index (Phi) is 3.80. The van der Waals surface area contributed by atoms with E-state index in [2.05, 4.69) is 46.8 Å². The summed E-state index contributed by atoms with van der Waals surface area (Å²) in [7, 11) is 1.68. The van der Waals surface area contributed by atoms with E-state index in [0.29, 0.717) is 0 Å². The molecule has 0 aliphatic heterocycles. The summed E-state index contributed by atoms with van der Waals surface area (Å²) in [5, 5.41) is 0. The third-order valence-electron chi connectivity index (χ3n) is 3.80. The Labute approximate surface area is 129 Å². The third kappa shape index (κ3) is 2.72. The number of nitrogens with one attached hydrogen (secondary N) is 1. The molecule has 1 N–H and O–H groups in total. The lowest BCUT2D eigenvalue weighted by Gasteiger charge is -2.06. The fourth-order valence-corrected chi connectivity index (χ4v) is 2.87. The van der Waals surface area contributed by atoms with E-state index >= 15 is 0 Å². The summed E-state index contributed by atoms with van der Waals surface area (Å²) >= 11 is 5.45. The average Bonchev–Trinajstić information content (AvgIpc) is 2.83. The van der Waals surface area contributed by atoms with Crippen molar-refractivity contribution in [3.05, 3.63) is 58.4 Å². The Morgan fingerprint density at radius 3 is 2.62 bits per heavy atom. The lowest BCUT2D eigenvalue weighted by atomic mass is 10.1. The van der Waals surface area contributed by atoms with Crippen LogP contribution in [-0.2, 0) is 13.0 Å². The fourth-order valence-electron chi connectivity index (χ4n) is 2.58. The highest BCUT2D eigenvalue weighted by atomic mass is 32.1. The highest BCUT2D eigenvalue weighted by Crippen LogP contribution is 2.19. The molecule has 0 saturated heterocycles. The molecule has 21 heavy (non-hydrogen) atoms. The molecule has 108 valence electrons. The Balaban J connectivity index is 1.86. The van der Waals surface area contributed by atoms with E-state index in [1.54, 1.807) is 7.11 Å². The van der Waals surface area contributed by atoms with Gasteiger partial charge in [-0.05, 0) is 54.9 Å². The molecule has 0 bridgehead atoms. The maximum atomic E-state index is 5.45. The molecule has 3 rings (SSSR count). The van der Waals surface area contributed by atoms with Gasteiger partial charge in [0.15, 0.2) is 4.77 Å². The minimum atomic E-state index is 0.785. The van der Waals surface area contributed by atoms with Crippen LogP contribution in [0.2, 0.25) is 0 Å². The van der Waals surface area contributed by atoms with Crippen molar-refractivity contribution in [3.8, 4) is 5.75 Å². The van der Waals surface area contributed by atoms with Crippen LogP contribution in [0.5, 0.6) is 5.75 Å². The zero-order valence-corrected chi connectivity index (χ0v) is 13.0. The van der Waals surface area contributed by atoms with Crippen LogP contribution in [0.3, 0.4) is 0 Å². The number of aromatic nitrogens is 2. The van der Waals surface area contributed by atoms with E-state index in [9.17, 15) is 0 Å². The highest BCUT2D eigenvalue weighted by Gasteiger charge is 2.06. The van der Waals surface area contributed by atoms with Crippen LogP contribution < -0.4 is 4.74 Å². The van der Waals surface area contributed by atoms with Gasteiger partial charge in [-0.1, -0.05) is 24.3 Å². The van der Waals surface area contributed by atoms with Crippen molar-refractivity contribution in [3.63, 3.8) is 0 Å². The van der Waals surface area contributed by atoms with E-state index in [0.717, 1.165) is 29.0 Å².